The lowest BCUT2D eigenvalue weighted by atomic mass is 10.1. The monoisotopic (exact) mass is 464 g/mol. The summed E-state index contributed by atoms with van der Waals surface area (Å²) < 4.78 is 16.1. The molecule has 0 fully saturated rings. The van der Waals surface area contributed by atoms with E-state index < -0.39 is 11.9 Å². The van der Waals surface area contributed by atoms with Gasteiger partial charge in [-0.25, -0.2) is 4.98 Å². The van der Waals surface area contributed by atoms with Crippen LogP contribution < -0.4 is 10.1 Å². The lowest BCUT2D eigenvalue weighted by molar-refractivity contribution is -0.142. The van der Waals surface area contributed by atoms with Crippen molar-refractivity contribution in [3.63, 3.8) is 0 Å². The molecule has 0 radical (unpaired) electrons. The Morgan fingerprint density at radius 2 is 1.52 bits per heavy atom. The van der Waals surface area contributed by atoms with Crippen LogP contribution in [-0.2, 0) is 20.9 Å². The van der Waals surface area contributed by atoms with Gasteiger partial charge in [-0.3, -0.25) is 9.59 Å². The van der Waals surface area contributed by atoms with E-state index >= 15 is 0 Å². The summed E-state index contributed by atoms with van der Waals surface area (Å²) in [7, 11) is 1.49. The zero-order chi connectivity index (χ0) is 24.2. The molecule has 0 aliphatic rings. The van der Waals surface area contributed by atoms with Crippen molar-refractivity contribution in [2.75, 3.05) is 26.9 Å². The Kier molecular flexibility index (Phi) is 16.9. The average molecular weight is 465 g/mol. The molecule has 0 unspecified atom stereocenters. The molecule has 0 atom stereocenters. The SMILES string of the molecule is CCCCCCCCCCCCOCc1cnc(C(=O)NCC(=O)OCCCC)c(OC)c1. The molecule has 1 aromatic rings. The maximum absolute atomic E-state index is 12.4. The number of aromatic nitrogens is 1. The van der Waals surface area contributed by atoms with Crippen molar-refractivity contribution in [2.24, 2.45) is 0 Å². The van der Waals surface area contributed by atoms with Crippen LogP contribution in [-0.4, -0.2) is 43.7 Å². The van der Waals surface area contributed by atoms with Crippen LogP contribution >= 0.6 is 0 Å². The van der Waals surface area contributed by atoms with Crippen molar-refractivity contribution < 1.29 is 23.8 Å². The van der Waals surface area contributed by atoms with Gasteiger partial charge >= 0.3 is 5.97 Å². The smallest absolute Gasteiger partial charge is 0.325 e. The quantitative estimate of drug-likeness (QED) is 0.200. The number of methoxy groups -OCH3 is 1. The van der Waals surface area contributed by atoms with Crippen LogP contribution in [0.3, 0.4) is 0 Å². The van der Waals surface area contributed by atoms with Gasteiger partial charge in [0.25, 0.3) is 5.91 Å². The highest BCUT2D eigenvalue weighted by Gasteiger charge is 2.16. The van der Waals surface area contributed by atoms with Crippen LogP contribution in [0.4, 0.5) is 0 Å². The number of hydrogen-bond acceptors (Lipinski definition) is 6. The Morgan fingerprint density at radius 1 is 0.879 bits per heavy atom. The van der Waals surface area contributed by atoms with E-state index in [4.69, 9.17) is 14.2 Å². The van der Waals surface area contributed by atoms with Gasteiger partial charge in [-0.15, -0.1) is 0 Å². The molecule has 1 aromatic heterocycles. The maximum Gasteiger partial charge on any atom is 0.325 e. The second-order valence-corrected chi connectivity index (χ2v) is 8.39. The Morgan fingerprint density at radius 3 is 2.15 bits per heavy atom. The minimum absolute atomic E-state index is 0.136. The molecule has 0 aliphatic heterocycles. The van der Waals surface area contributed by atoms with Crippen molar-refractivity contribution >= 4 is 11.9 Å². The van der Waals surface area contributed by atoms with Gasteiger partial charge in [0, 0.05) is 12.8 Å². The van der Waals surface area contributed by atoms with Crippen LogP contribution in [0, 0.1) is 0 Å². The predicted octanol–water partition coefficient (Wildman–Crippen LogP) is 5.60. The van der Waals surface area contributed by atoms with Crippen molar-refractivity contribution in [1.82, 2.24) is 10.3 Å². The zero-order valence-corrected chi connectivity index (χ0v) is 21.0. The number of rotatable bonds is 20. The topological polar surface area (TPSA) is 86.8 Å². The molecular formula is C26H44N2O5. The first kappa shape index (κ1) is 28.9. The number of pyridine rings is 1. The minimum atomic E-state index is -0.475. The number of unbranched alkanes of at least 4 members (excludes halogenated alkanes) is 10. The highest BCUT2D eigenvalue weighted by molar-refractivity contribution is 5.96. The molecule has 7 heteroatoms. The van der Waals surface area contributed by atoms with Gasteiger partial charge in [-0.05, 0) is 24.5 Å². The maximum atomic E-state index is 12.4. The summed E-state index contributed by atoms with van der Waals surface area (Å²) in [4.78, 5) is 28.2. The van der Waals surface area contributed by atoms with Crippen LogP contribution in [0.15, 0.2) is 12.3 Å². The molecular weight excluding hydrogens is 420 g/mol. The molecule has 0 saturated carbocycles. The summed E-state index contributed by atoms with van der Waals surface area (Å²) in [5.41, 5.74) is 0.978. The molecule has 1 N–H and O–H groups in total. The van der Waals surface area contributed by atoms with Crippen LogP contribution in [0.25, 0.3) is 0 Å². The molecule has 1 amide bonds. The average Bonchev–Trinajstić information content (AvgIpc) is 2.83. The van der Waals surface area contributed by atoms with Crippen molar-refractivity contribution in [3.8, 4) is 5.75 Å². The Labute approximate surface area is 200 Å². The normalized spacial score (nSPS) is 10.8. The predicted molar refractivity (Wildman–Crippen MR) is 130 cm³/mol. The summed E-state index contributed by atoms with van der Waals surface area (Å²) in [5.74, 6) is -0.586. The first-order chi connectivity index (χ1) is 16.1. The molecule has 0 aliphatic carbocycles. The summed E-state index contributed by atoms with van der Waals surface area (Å²) in [6, 6.07) is 1.75. The number of ether oxygens (including phenoxy) is 3. The largest absolute Gasteiger partial charge is 0.494 e. The number of hydrogen-bond donors (Lipinski definition) is 1. The molecule has 1 heterocycles. The molecule has 0 spiro atoms. The summed E-state index contributed by atoms with van der Waals surface area (Å²) in [5, 5.41) is 2.53. The number of amides is 1. The second-order valence-electron chi connectivity index (χ2n) is 8.39. The van der Waals surface area contributed by atoms with E-state index in [9.17, 15) is 9.59 Å². The number of carbonyl (C=O) groups is 2. The fourth-order valence-corrected chi connectivity index (χ4v) is 3.39. The van der Waals surface area contributed by atoms with Crippen molar-refractivity contribution in [2.45, 2.75) is 97.5 Å². The molecule has 1 rings (SSSR count). The number of nitrogens with one attached hydrogen (secondary N) is 1. The molecule has 7 nitrogen and oxygen atoms in total. The van der Waals surface area contributed by atoms with Crippen LogP contribution in [0.1, 0.15) is 107 Å². The minimum Gasteiger partial charge on any atom is -0.494 e. The van der Waals surface area contributed by atoms with Gasteiger partial charge in [0.15, 0.2) is 11.4 Å². The Hall–Kier alpha value is -2.15. The van der Waals surface area contributed by atoms with Gasteiger partial charge in [0.05, 0.1) is 20.3 Å². The van der Waals surface area contributed by atoms with Crippen LogP contribution in [0.2, 0.25) is 0 Å². The molecule has 188 valence electrons. The molecule has 0 saturated heterocycles. The second kappa shape index (κ2) is 19.3. The Balaban J connectivity index is 2.24. The number of carbonyl (C=O) groups excluding carboxylic acids is 2. The number of nitrogens with zero attached hydrogens (tertiary/aromatic N) is 1. The number of esters is 1. The van der Waals surface area contributed by atoms with Gasteiger partial charge in [-0.1, -0.05) is 78.1 Å². The first-order valence-corrected chi connectivity index (χ1v) is 12.7. The summed E-state index contributed by atoms with van der Waals surface area (Å²) >= 11 is 0. The van der Waals surface area contributed by atoms with Crippen molar-refractivity contribution in [1.29, 1.82) is 0 Å². The van der Waals surface area contributed by atoms with E-state index in [1.807, 2.05) is 6.92 Å². The summed E-state index contributed by atoms with van der Waals surface area (Å²) in [6.45, 7) is 5.56. The van der Waals surface area contributed by atoms with Crippen molar-refractivity contribution in [3.05, 3.63) is 23.5 Å². The third-order valence-electron chi connectivity index (χ3n) is 5.41. The Bertz CT molecular complexity index is 666. The summed E-state index contributed by atoms with van der Waals surface area (Å²) in [6.07, 6.45) is 16.3. The van der Waals surface area contributed by atoms with Gasteiger partial charge in [-0.2, -0.15) is 0 Å². The highest BCUT2D eigenvalue weighted by Crippen LogP contribution is 2.18. The lowest BCUT2D eigenvalue weighted by Gasteiger charge is -2.11. The van der Waals surface area contributed by atoms with E-state index in [2.05, 4.69) is 17.2 Å². The van der Waals surface area contributed by atoms with Crippen LogP contribution in [0.5, 0.6) is 5.75 Å². The third-order valence-corrected chi connectivity index (χ3v) is 5.41. The molecule has 0 aromatic carbocycles. The third kappa shape index (κ3) is 13.9. The van der Waals surface area contributed by atoms with E-state index in [1.54, 1.807) is 12.3 Å². The van der Waals surface area contributed by atoms with E-state index in [0.717, 1.165) is 24.8 Å². The molecule has 0 bridgehead atoms. The zero-order valence-electron chi connectivity index (χ0n) is 21.0. The first-order valence-electron chi connectivity index (χ1n) is 12.7. The fraction of sp³-hybridized carbons (Fsp3) is 0.731. The highest BCUT2D eigenvalue weighted by atomic mass is 16.5. The molecule has 33 heavy (non-hydrogen) atoms. The lowest BCUT2D eigenvalue weighted by Crippen LogP contribution is -2.31. The van der Waals surface area contributed by atoms with Gasteiger partial charge < -0.3 is 19.5 Å². The van der Waals surface area contributed by atoms with Gasteiger partial charge in [0.2, 0.25) is 0 Å². The van der Waals surface area contributed by atoms with E-state index in [-0.39, 0.29) is 12.2 Å². The van der Waals surface area contributed by atoms with E-state index in [0.29, 0.717) is 25.6 Å². The standard InChI is InChI=1S/C26H44N2O5/c1-4-6-8-9-10-11-12-13-14-15-16-32-21-22-18-23(31-3)25(27-19-22)26(30)28-20-24(29)33-17-7-5-2/h18-19H,4-17,20-21H2,1-3H3,(H,28,30). The van der Waals surface area contributed by atoms with E-state index in [1.165, 1.54) is 64.9 Å². The fourth-order valence-electron chi connectivity index (χ4n) is 3.39. The van der Waals surface area contributed by atoms with Gasteiger partial charge in [0.1, 0.15) is 6.54 Å².